The number of fused-ring (bicyclic) bond motifs is 6. The van der Waals surface area contributed by atoms with Gasteiger partial charge in [-0.2, -0.15) is 0 Å². The largest absolute Gasteiger partial charge is 0.464 e. The molecule has 8 rings (SSSR count). The zero-order chi connectivity index (χ0) is 51.9. The van der Waals surface area contributed by atoms with Gasteiger partial charge in [-0.3, -0.25) is 38.9 Å². The lowest BCUT2D eigenvalue weighted by atomic mass is 9.84. The number of cyclic esters (lactones) is 1. The zero-order valence-corrected chi connectivity index (χ0v) is 44.2. The van der Waals surface area contributed by atoms with Gasteiger partial charge < -0.3 is 29.2 Å². The number of hydrogen-bond donors (Lipinski definition) is 2. The minimum atomic E-state index is -2.45. The molecule has 1 aromatic carbocycles. The number of amides is 4. The van der Waals surface area contributed by atoms with Crippen LogP contribution in [-0.4, -0.2) is 147 Å². The average Bonchev–Trinajstić information content (AvgIpc) is 4.06. The summed E-state index contributed by atoms with van der Waals surface area (Å²) in [7, 11) is 3.05. The van der Waals surface area contributed by atoms with E-state index >= 15 is 4.39 Å². The number of likely N-dealkylation sites (N-methyl/N-ethyl adjacent to an activating group) is 1. The summed E-state index contributed by atoms with van der Waals surface area (Å²) in [6.45, 7) is 17.9. The van der Waals surface area contributed by atoms with E-state index in [4.69, 9.17) is 19.4 Å². The molecular formula is C54H70FN9O7S. The molecule has 72 heavy (non-hydrogen) atoms. The highest BCUT2D eigenvalue weighted by atomic mass is 32.1. The van der Waals surface area contributed by atoms with E-state index in [1.807, 2.05) is 38.3 Å². The minimum Gasteiger partial charge on any atom is -0.464 e. The Morgan fingerprint density at radius 1 is 1.11 bits per heavy atom. The number of alkyl halides is 1. The van der Waals surface area contributed by atoms with Gasteiger partial charge in [0.25, 0.3) is 17.7 Å². The normalized spacial score (nSPS) is 22.6. The molecule has 6 bridgehead atoms. The molecule has 386 valence electrons. The first kappa shape index (κ1) is 52.6. The summed E-state index contributed by atoms with van der Waals surface area (Å²) in [6, 6.07) is 7.08. The number of hydrazine groups is 1. The number of halogens is 1. The summed E-state index contributed by atoms with van der Waals surface area (Å²) in [5, 5.41) is 7.91. The molecule has 16 nitrogen and oxygen atoms in total. The van der Waals surface area contributed by atoms with Crippen LogP contribution >= 0.6 is 11.3 Å². The molecule has 0 spiro atoms. The first-order valence-electron chi connectivity index (χ1n) is 25.3. The van der Waals surface area contributed by atoms with Gasteiger partial charge in [-0.15, -0.1) is 11.3 Å². The van der Waals surface area contributed by atoms with Crippen molar-refractivity contribution in [3.05, 3.63) is 58.9 Å². The van der Waals surface area contributed by atoms with E-state index in [0.29, 0.717) is 31.5 Å². The molecule has 3 aromatic heterocycles. The molecule has 4 aliphatic heterocycles. The van der Waals surface area contributed by atoms with Gasteiger partial charge in [-0.25, -0.2) is 14.8 Å². The van der Waals surface area contributed by atoms with Crippen LogP contribution in [-0.2, 0) is 52.8 Å². The Balaban J connectivity index is 1.10. The van der Waals surface area contributed by atoms with E-state index in [2.05, 4.69) is 71.0 Å². The number of thiazole rings is 1. The summed E-state index contributed by atoms with van der Waals surface area (Å²) in [5.74, 6) is 2.05. The SMILES string of the molecule is CCn1c(-c2cccnc2[C@H](C)OC)c2c3cc(ccc31)-c1nc(cs1)C[C@H](NC(=O)C(C(C)C)N(C)C(=O)[C@@]1(F)CCN(C(=O)C#CC(C)(C)N3CCC3)C1)C(=O)N1CCC[C@H](N1)C(=O)OCC(C)(C)C2. The summed E-state index contributed by atoms with van der Waals surface area (Å²) in [4.78, 5) is 85.0. The fourth-order valence-corrected chi connectivity index (χ4v) is 11.4. The predicted molar refractivity (Wildman–Crippen MR) is 274 cm³/mol. The van der Waals surface area contributed by atoms with E-state index in [1.54, 1.807) is 27.2 Å². The first-order valence-corrected chi connectivity index (χ1v) is 26.2. The molecular weight excluding hydrogens is 938 g/mol. The maximum atomic E-state index is 16.8. The summed E-state index contributed by atoms with van der Waals surface area (Å²) >= 11 is 1.43. The number of ether oxygens (including phenoxy) is 2. The Morgan fingerprint density at radius 3 is 2.57 bits per heavy atom. The number of methoxy groups -OCH3 is 1. The van der Waals surface area contributed by atoms with Crippen molar-refractivity contribution in [1.82, 2.24) is 45.0 Å². The molecule has 7 heterocycles. The molecule has 18 heteroatoms. The van der Waals surface area contributed by atoms with Crippen LogP contribution in [0, 0.1) is 23.2 Å². The topological polar surface area (TPSA) is 172 Å². The molecule has 0 saturated carbocycles. The maximum Gasteiger partial charge on any atom is 0.324 e. The smallest absolute Gasteiger partial charge is 0.324 e. The molecule has 3 saturated heterocycles. The highest BCUT2D eigenvalue weighted by Gasteiger charge is 2.50. The number of carbonyl (C=O) groups is 5. The Hall–Kier alpha value is -5.74. The Morgan fingerprint density at radius 2 is 1.88 bits per heavy atom. The second-order valence-electron chi connectivity index (χ2n) is 21.5. The predicted octanol–water partition coefficient (Wildman–Crippen LogP) is 6.11. The number of nitrogens with one attached hydrogen (secondary N) is 2. The third-order valence-corrected chi connectivity index (χ3v) is 15.7. The van der Waals surface area contributed by atoms with Crippen molar-refractivity contribution in [2.24, 2.45) is 11.3 Å². The number of esters is 1. The van der Waals surface area contributed by atoms with E-state index in [0.717, 1.165) is 68.4 Å². The Kier molecular flexibility index (Phi) is 15.3. The summed E-state index contributed by atoms with van der Waals surface area (Å²) < 4.78 is 31.0. The minimum absolute atomic E-state index is 0.00435. The van der Waals surface area contributed by atoms with Crippen LogP contribution in [0.3, 0.4) is 0 Å². The van der Waals surface area contributed by atoms with Crippen molar-refractivity contribution in [1.29, 1.82) is 0 Å². The molecule has 5 atom stereocenters. The number of rotatable bonds is 10. The molecule has 4 aromatic rings. The third kappa shape index (κ3) is 10.7. The van der Waals surface area contributed by atoms with Gasteiger partial charge in [-0.05, 0) is 101 Å². The van der Waals surface area contributed by atoms with Crippen molar-refractivity contribution in [2.45, 2.75) is 136 Å². The second-order valence-corrected chi connectivity index (χ2v) is 22.3. The summed E-state index contributed by atoms with van der Waals surface area (Å²) in [6.07, 6.45) is 3.77. The van der Waals surface area contributed by atoms with E-state index < -0.39 is 76.8 Å². The van der Waals surface area contributed by atoms with Gasteiger partial charge in [0, 0.05) is 98.7 Å². The van der Waals surface area contributed by atoms with Crippen LogP contribution in [0.15, 0.2) is 41.9 Å². The van der Waals surface area contributed by atoms with Crippen LogP contribution < -0.4 is 10.7 Å². The lowest BCUT2D eigenvalue weighted by molar-refractivity contribution is -0.155. The Bertz CT molecular complexity index is 2790. The number of carbonyl (C=O) groups excluding carboxylic acids is 5. The first-order chi connectivity index (χ1) is 34.1. The number of likely N-dealkylation sites (tertiary alicyclic amines) is 2. The van der Waals surface area contributed by atoms with Crippen LogP contribution in [0.25, 0.3) is 32.7 Å². The standard InChI is InChI=1S/C54H70FN9O7S/c1-11-63-42-18-17-35-27-38(42)39(46(63)37-15-12-22-56-44(37)34(4)70-10)29-52(5,6)32-71-50(68)40-16-13-25-64(59-40)49(67)41(28-36-30-72-48(35)57-36)58-47(66)45(33(2)3)60(9)51(69)54(55)21-26-61(31-54)43(65)19-20-53(7,8)62-23-14-24-62/h12,15,17-18,22,27,30,33-34,40-41,45,59H,11,13-14,16,21,23-26,28-29,31-32H2,1-10H3,(H,58,66)/t34-,40-,41-,45?,54+/m0/s1. The maximum absolute atomic E-state index is 16.8. The fourth-order valence-electron chi connectivity index (χ4n) is 10.6. The van der Waals surface area contributed by atoms with Gasteiger partial charge in [0.15, 0.2) is 0 Å². The van der Waals surface area contributed by atoms with E-state index in [9.17, 15) is 24.0 Å². The van der Waals surface area contributed by atoms with Crippen LogP contribution in [0.2, 0.25) is 0 Å². The highest BCUT2D eigenvalue weighted by molar-refractivity contribution is 7.13. The second kappa shape index (κ2) is 21.0. The molecule has 2 N–H and O–H groups in total. The van der Waals surface area contributed by atoms with Crippen molar-refractivity contribution in [2.75, 3.05) is 53.5 Å². The highest BCUT2D eigenvalue weighted by Crippen LogP contribution is 2.42. The molecule has 3 fully saturated rings. The fraction of sp³-hybridized carbons (Fsp3) is 0.574. The number of aryl methyl sites for hydroxylation is 1. The number of nitrogens with zero attached hydrogens (tertiary/aromatic N) is 7. The van der Waals surface area contributed by atoms with Crippen LogP contribution in [0.4, 0.5) is 4.39 Å². The van der Waals surface area contributed by atoms with Crippen molar-refractivity contribution < 1.29 is 37.8 Å². The molecule has 4 amide bonds. The molecule has 0 aliphatic carbocycles. The van der Waals surface area contributed by atoms with Crippen LogP contribution in [0.1, 0.15) is 104 Å². The lowest BCUT2D eigenvalue weighted by Crippen LogP contribution is -2.62. The number of pyridine rings is 1. The van der Waals surface area contributed by atoms with Gasteiger partial charge in [0.2, 0.25) is 11.6 Å². The third-order valence-electron chi connectivity index (χ3n) is 14.8. The van der Waals surface area contributed by atoms with Crippen molar-refractivity contribution in [3.8, 4) is 33.7 Å². The zero-order valence-electron chi connectivity index (χ0n) is 43.4. The molecule has 0 radical (unpaired) electrons. The quantitative estimate of drug-likeness (QED) is 0.139. The molecule has 4 aliphatic rings. The van der Waals surface area contributed by atoms with Gasteiger partial charge >= 0.3 is 5.97 Å². The van der Waals surface area contributed by atoms with Crippen molar-refractivity contribution >= 4 is 51.8 Å². The monoisotopic (exact) mass is 1010 g/mol. The van der Waals surface area contributed by atoms with Gasteiger partial charge in [-0.1, -0.05) is 33.6 Å². The Labute approximate surface area is 426 Å². The van der Waals surface area contributed by atoms with Crippen molar-refractivity contribution in [3.63, 3.8) is 0 Å². The molecule has 1 unspecified atom stereocenters. The number of benzene rings is 1. The summed E-state index contributed by atoms with van der Waals surface area (Å²) in [5.41, 5.74) is 5.90. The van der Waals surface area contributed by atoms with Gasteiger partial charge in [0.05, 0.1) is 41.9 Å². The van der Waals surface area contributed by atoms with Gasteiger partial charge in [0.1, 0.15) is 23.1 Å². The number of hydrogen-bond acceptors (Lipinski definition) is 12. The van der Waals surface area contributed by atoms with E-state index in [-0.39, 0.29) is 38.6 Å². The lowest BCUT2D eigenvalue weighted by Gasteiger charge is -2.41. The average molecular weight is 1010 g/mol. The van der Waals surface area contributed by atoms with Crippen LogP contribution in [0.5, 0.6) is 0 Å². The number of aromatic nitrogens is 3. The van der Waals surface area contributed by atoms with E-state index in [1.165, 1.54) is 28.3 Å².